The zero-order valence-corrected chi connectivity index (χ0v) is 14.8. The molecule has 3 rings (SSSR count). The topological polar surface area (TPSA) is 78.1 Å². The number of halogens is 1. The van der Waals surface area contributed by atoms with Crippen molar-refractivity contribution >= 4 is 28.9 Å². The normalized spacial score (nSPS) is 12.2. The van der Waals surface area contributed by atoms with Crippen molar-refractivity contribution in [2.45, 2.75) is 26.9 Å². The van der Waals surface area contributed by atoms with Gasteiger partial charge >= 0.3 is 5.97 Å². The number of hydrogen-bond donors (Lipinski definition) is 0. The molecular formula is C16H14ClN3O3S. The maximum Gasteiger partial charge on any atom is 0.351 e. The number of rotatable bonds is 4. The van der Waals surface area contributed by atoms with Crippen LogP contribution in [0.3, 0.4) is 0 Å². The van der Waals surface area contributed by atoms with Crippen molar-refractivity contribution in [3.63, 3.8) is 0 Å². The predicted molar refractivity (Wildman–Crippen MR) is 90.2 cm³/mol. The highest BCUT2D eigenvalue weighted by Gasteiger charge is 2.22. The number of aromatic nitrogens is 3. The largest absolute Gasteiger partial charge is 0.448 e. The van der Waals surface area contributed by atoms with Crippen LogP contribution in [0.15, 0.2) is 28.7 Å². The zero-order chi connectivity index (χ0) is 17.3. The van der Waals surface area contributed by atoms with Crippen LogP contribution in [0.4, 0.5) is 0 Å². The first-order valence-corrected chi connectivity index (χ1v) is 8.38. The molecule has 0 aliphatic heterocycles. The van der Waals surface area contributed by atoms with Gasteiger partial charge in [0, 0.05) is 17.5 Å². The Bertz CT molecular complexity index is 873. The third-order valence-electron chi connectivity index (χ3n) is 3.25. The lowest BCUT2D eigenvalue weighted by Gasteiger charge is -2.08. The van der Waals surface area contributed by atoms with Gasteiger partial charge in [0.2, 0.25) is 5.89 Å². The lowest BCUT2D eigenvalue weighted by molar-refractivity contribution is 0.0281. The van der Waals surface area contributed by atoms with Gasteiger partial charge in [-0.2, -0.15) is 0 Å². The Labute approximate surface area is 147 Å². The molecule has 1 atom stereocenters. The summed E-state index contributed by atoms with van der Waals surface area (Å²) in [5.74, 6) is 0.224. The van der Waals surface area contributed by atoms with Gasteiger partial charge in [-0.05, 0) is 26.0 Å². The summed E-state index contributed by atoms with van der Waals surface area (Å²) in [5, 5.41) is 8.97. The quantitative estimate of drug-likeness (QED) is 0.640. The number of carbonyl (C=O) groups excluding carboxylic acids is 1. The van der Waals surface area contributed by atoms with Crippen LogP contribution in [0.1, 0.15) is 40.2 Å². The fourth-order valence-corrected chi connectivity index (χ4v) is 3.12. The van der Waals surface area contributed by atoms with Crippen molar-refractivity contribution in [3.05, 3.63) is 51.6 Å². The van der Waals surface area contributed by atoms with E-state index in [0.717, 1.165) is 10.6 Å². The van der Waals surface area contributed by atoms with Crippen LogP contribution in [0.25, 0.3) is 10.6 Å². The smallest absolute Gasteiger partial charge is 0.351 e. The minimum atomic E-state index is -0.626. The summed E-state index contributed by atoms with van der Waals surface area (Å²) in [5.41, 5.74) is 1.51. The molecule has 2 heterocycles. The summed E-state index contributed by atoms with van der Waals surface area (Å²) in [6.45, 7) is 5.13. The van der Waals surface area contributed by atoms with Crippen LogP contribution in [0, 0.1) is 13.8 Å². The van der Waals surface area contributed by atoms with Crippen LogP contribution < -0.4 is 0 Å². The second-order valence-corrected chi connectivity index (χ2v) is 6.58. The van der Waals surface area contributed by atoms with E-state index in [1.807, 2.05) is 12.1 Å². The standard InChI is InChI=1S/C16H14ClN3O3S/c1-8-13(16(21)22-9(2)14-20-19-10(3)23-14)24-15(18-8)11-4-6-12(17)7-5-11/h4-7,9H,1-3H3. The molecule has 0 amide bonds. The Morgan fingerprint density at radius 3 is 2.58 bits per heavy atom. The minimum absolute atomic E-state index is 0.265. The summed E-state index contributed by atoms with van der Waals surface area (Å²) in [4.78, 5) is 17.3. The molecule has 0 bridgehead atoms. The van der Waals surface area contributed by atoms with E-state index in [-0.39, 0.29) is 5.89 Å². The number of esters is 1. The SMILES string of the molecule is Cc1nnc(C(C)OC(=O)c2sc(-c3ccc(Cl)cc3)nc2C)o1. The van der Waals surface area contributed by atoms with Gasteiger partial charge in [0.1, 0.15) is 9.88 Å². The van der Waals surface area contributed by atoms with Crippen molar-refractivity contribution in [2.75, 3.05) is 0 Å². The van der Waals surface area contributed by atoms with Gasteiger partial charge in [0.25, 0.3) is 5.89 Å². The Hall–Kier alpha value is -2.25. The number of ether oxygens (including phenoxy) is 1. The van der Waals surface area contributed by atoms with Crippen LogP contribution in [-0.2, 0) is 4.74 Å². The van der Waals surface area contributed by atoms with Crippen LogP contribution in [-0.4, -0.2) is 21.2 Å². The molecule has 1 unspecified atom stereocenters. The first kappa shape index (κ1) is 16.6. The van der Waals surface area contributed by atoms with Crippen LogP contribution >= 0.6 is 22.9 Å². The lowest BCUT2D eigenvalue weighted by Crippen LogP contribution is -2.09. The Kier molecular flexibility index (Phi) is 4.64. The number of nitrogens with zero attached hydrogens (tertiary/aromatic N) is 3. The molecule has 8 heteroatoms. The van der Waals surface area contributed by atoms with E-state index in [1.165, 1.54) is 11.3 Å². The molecule has 124 valence electrons. The molecule has 0 spiro atoms. The lowest BCUT2D eigenvalue weighted by atomic mass is 10.2. The minimum Gasteiger partial charge on any atom is -0.448 e. The summed E-state index contributed by atoms with van der Waals surface area (Å²) in [7, 11) is 0. The van der Waals surface area contributed by atoms with Crippen molar-refractivity contribution in [3.8, 4) is 10.6 Å². The van der Waals surface area contributed by atoms with Crippen LogP contribution in [0.5, 0.6) is 0 Å². The molecule has 0 aliphatic rings. The third kappa shape index (κ3) is 3.47. The van der Waals surface area contributed by atoms with E-state index in [2.05, 4.69) is 15.2 Å². The van der Waals surface area contributed by atoms with Gasteiger partial charge in [-0.25, -0.2) is 9.78 Å². The summed E-state index contributed by atoms with van der Waals surface area (Å²) < 4.78 is 10.7. The van der Waals surface area contributed by atoms with E-state index in [9.17, 15) is 4.79 Å². The molecule has 0 saturated carbocycles. The van der Waals surface area contributed by atoms with Crippen LogP contribution in [0.2, 0.25) is 5.02 Å². The monoisotopic (exact) mass is 363 g/mol. The van der Waals surface area contributed by atoms with Crippen molar-refractivity contribution < 1.29 is 13.9 Å². The van der Waals surface area contributed by atoms with Gasteiger partial charge in [-0.15, -0.1) is 21.5 Å². The van der Waals surface area contributed by atoms with Gasteiger partial charge in [0.05, 0.1) is 5.69 Å². The fraction of sp³-hybridized carbons (Fsp3) is 0.250. The summed E-state index contributed by atoms with van der Waals surface area (Å²) >= 11 is 7.17. The number of benzene rings is 1. The van der Waals surface area contributed by atoms with Gasteiger partial charge in [-0.1, -0.05) is 23.7 Å². The summed E-state index contributed by atoms with van der Waals surface area (Å²) in [6, 6.07) is 7.29. The molecule has 3 aromatic rings. The summed E-state index contributed by atoms with van der Waals surface area (Å²) in [6.07, 6.45) is -0.626. The Morgan fingerprint density at radius 1 is 1.25 bits per heavy atom. The number of hydrogen-bond acceptors (Lipinski definition) is 7. The molecule has 0 N–H and O–H groups in total. The molecule has 0 radical (unpaired) electrons. The fourth-order valence-electron chi connectivity index (χ4n) is 2.04. The van der Waals surface area contributed by atoms with E-state index < -0.39 is 12.1 Å². The van der Waals surface area contributed by atoms with Gasteiger partial charge in [0.15, 0.2) is 6.10 Å². The first-order chi connectivity index (χ1) is 11.4. The van der Waals surface area contributed by atoms with Crippen molar-refractivity contribution in [1.29, 1.82) is 0 Å². The number of carbonyl (C=O) groups is 1. The van der Waals surface area contributed by atoms with E-state index in [1.54, 1.807) is 32.9 Å². The van der Waals surface area contributed by atoms with Gasteiger partial charge in [-0.3, -0.25) is 0 Å². The molecule has 0 aliphatic carbocycles. The van der Waals surface area contributed by atoms with Crippen molar-refractivity contribution in [2.24, 2.45) is 0 Å². The third-order valence-corrected chi connectivity index (χ3v) is 4.68. The van der Waals surface area contributed by atoms with Gasteiger partial charge < -0.3 is 9.15 Å². The maximum atomic E-state index is 12.4. The maximum absolute atomic E-state index is 12.4. The molecule has 6 nitrogen and oxygen atoms in total. The highest BCUT2D eigenvalue weighted by molar-refractivity contribution is 7.17. The Balaban J connectivity index is 1.79. The first-order valence-electron chi connectivity index (χ1n) is 7.18. The van der Waals surface area contributed by atoms with Crippen molar-refractivity contribution in [1.82, 2.24) is 15.2 Å². The van der Waals surface area contributed by atoms with E-state index in [0.29, 0.717) is 21.5 Å². The average Bonchev–Trinajstić information content (AvgIpc) is 3.14. The predicted octanol–water partition coefficient (Wildman–Crippen LogP) is 4.38. The molecule has 2 aromatic heterocycles. The molecule has 0 saturated heterocycles. The average molecular weight is 364 g/mol. The molecular weight excluding hydrogens is 350 g/mol. The van der Waals surface area contributed by atoms with E-state index >= 15 is 0 Å². The van der Waals surface area contributed by atoms with E-state index in [4.69, 9.17) is 20.8 Å². The highest BCUT2D eigenvalue weighted by Crippen LogP contribution is 2.30. The zero-order valence-electron chi connectivity index (χ0n) is 13.2. The molecule has 24 heavy (non-hydrogen) atoms. The number of thiazole rings is 1. The highest BCUT2D eigenvalue weighted by atomic mass is 35.5. The molecule has 0 fully saturated rings. The second kappa shape index (κ2) is 6.70. The Morgan fingerprint density at radius 2 is 1.96 bits per heavy atom. The second-order valence-electron chi connectivity index (χ2n) is 5.15. The number of aryl methyl sites for hydroxylation is 2. The molecule has 1 aromatic carbocycles.